The second kappa shape index (κ2) is 9.29. The van der Waals surface area contributed by atoms with E-state index in [1.54, 1.807) is 25.1 Å². The lowest BCUT2D eigenvalue weighted by Crippen LogP contribution is -2.37. The van der Waals surface area contributed by atoms with E-state index in [9.17, 15) is 18.4 Å². The first-order chi connectivity index (χ1) is 16.9. The first-order valence-electron chi connectivity index (χ1n) is 11.5. The Bertz CT molecular complexity index is 1360. The highest BCUT2D eigenvalue weighted by molar-refractivity contribution is 6.10. The predicted molar refractivity (Wildman–Crippen MR) is 130 cm³/mol. The molecule has 35 heavy (non-hydrogen) atoms. The molecule has 0 aromatic heterocycles. The molecule has 4 nitrogen and oxygen atoms in total. The second-order valence-electron chi connectivity index (χ2n) is 8.94. The third kappa shape index (κ3) is 4.52. The summed E-state index contributed by atoms with van der Waals surface area (Å²) in [5.74, 6) is -2.00. The van der Waals surface area contributed by atoms with Crippen LogP contribution in [-0.2, 0) is 9.59 Å². The number of carbonyl (C=O) groups is 2. The van der Waals surface area contributed by atoms with Gasteiger partial charge in [0.25, 0.3) is 5.91 Å². The number of allylic oxidation sites excluding steroid dienone is 3. The monoisotopic (exact) mass is 470 g/mol. The van der Waals surface area contributed by atoms with Crippen LogP contribution < -0.4 is 10.6 Å². The Morgan fingerprint density at radius 3 is 2.34 bits per heavy atom. The Morgan fingerprint density at radius 1 is 0.886 bits per heavy atom. The highest BCUT2D eigenvalue weighted by Crippen LogP contribution is 2.45. The number of hydrogen-bond acceptors (Lipinski definition) is 3. The summed E-state index contributed by atoms with van der Waals surface area (Å²) in [6, 6.07) is 21.4. The number of ketones is 1. The van der Waals surface area contributed by atoms with Crippen molar-refractivity contribution < 1.29 is 18.4 Å². The molecule has 2 atom stereocenters. The second-order valence-corrected chi connectivity index (χ2v) is 8.94. The lowest BCUT2D eigenvalue weighted by molar-refractivity contribution is -0.116. The van der Waals surface area contributed by atoms with E-state index in [0.29, 0.717) is 40.9 Å². The fourth-order valence-electron chi connectivity index (χ4n) is 5.05. The maximum atomic E-state index is 13.7. The van der Waals surface area contributed by atoms with Crippen LogP contribution in [0.4, 0.5) is 14.5 Å². The van der Waals surface area contributed by atoms with Gasteiger partial charge in [-0.15, -0.1) is 0 Å². The van der Waals surface area contributed by atoms with Crippen LogP contribution in [0.1, 0.15) is 42.7 Å². The van der Waals surface area contributed by atoms with Gasteiger partial charge >= 0.3 is 0 Å². The van der Waals surface area contributed by atoms with Gasteiger partial charge in [-0.25, -0.2) is 8.78 Å². The summed E-state index contributed by atoms with van der Waals surface area (Å²) < 4.78 is 27.4. The van der Waals surface area contributed by atoms with E-state index >= 15 is 0 Å². The van der Waals surface area contributed by atoms with Gasteiger partial charge in [0, 0.05) is 40.6 Å². The van der Waals surface area contributed by atoms with Crippen LogP contribution in [0.25, 0.3) is 0 Å². The van der Waals surface area contributed by atoms with Gasteiger partial charge in [0.2, 0.25) is 0 Å². The summed E-state index contributed by atoms with van der Waals surface area (Å²) in [7, 11) is 0. The van der Waals surface area contributed by atoms with Crippen molar-refractivity contribution in [3.63, 3.8) is 0 Å². The number of dihydropyridines is 1. The topological polar surface area (TPSA) is 58.2 Å². The molecule has 0 fully saturated rings. The zero-order valence-corrected chi connectivity index (χ0v) is 19.1. The van der Waals surface area contributed by atoms with E-state index in [4.69, 9.17) is 0 Å². The predicted octanol–water partition coefficient (Wildman–Crippen LogP) is 5.97. The molecule has 6 heteroatoms. The number of rotatable bonds is 4. The number of carbonyl (C=O) groups excluding carboxylic acids is 2. The largest absolute Gasteiger partial charge is 0.362 e. The van der Waals surface area contributed by atoms with E-state index in [1.165, 1.54) is 30.3 Å². The molecule has 0 unspecified atom stereocenters. The molecule has 0 radical (unpaired) electrons. The Balaban J connectivity index is 1.56. The minimum absolute atomic E-state index is 0.0271. The lowest BCUT2D eigenvalue weighted by Gasteiger charge is -2.37. The summed E-state index contributed by atoms with van der Waals surface area (Å²) in [5, 5.41) is 6.07. The molecule has 5 rings (SSSR count). The lowest BCUT2D eigenvalue weighted by atomic mass is 9.71. The van der Waals surface area contributed by atoms with Gasteiger partial charge in [-0.1, -0.05) is 48.5 Å². The van der Waals surface area contributed by atoms with Gasteiger partial charge in [0.15, 0.2) is 5.78 Å². The molecular formula is C29H24F2N2O2. The first-order valence-corrected chi connectivity index (χ1v) is 11.5. The minimum atomic E-state index is -0.662. The first kappa shape index (κ1) is 22.7. The molecule has 1 heterocycles. The van der Waals surface area contributed by atoms with Crippen molar-refractivity contribution in [2.75, 3.05) is 5.32 Å². The molecule has 2 N–H and O–H groups in total. The molecule has 176 valence electrons. The zero-order chi connectivity index (χ0) is 24.5. The van der Waals surface area contributed by atoms with Gasteiger partial charge in [-0.2, -0.15) is 0 Å². The summed E-state index contributed by atoms with van der Waals surface area (Å²) >= 11 is 0. The van der Waals surface area contributed by atoms with Crippen molar-refractivity contribution in [1.29, 1.82) is 0 Å². The normalized spacial score (nSPS) is 19.8. The summed E-state index contributed by atoms with van der Waals surface area (Å²) in [5.41, 5.74) is 4.31. The molecule has 1 aliphatic heterocycles. The highest BCUT2D eigenvalue weighted by atomic mass is 19.1. The number of halogens is 2. The maximum absolute atomic E-state index is 13.7. The zero-order valence-electron chi connectivity index (χ0n) is 19.1. The fourth-order valence-corrected chi connectivity index (χ4v) is 5.05. The Labute approximate surface area is 202 Å². The van der Waals surface area contributed by atoms with Crippen LogP contribution >= 0.6 is 0 Å². The third-order valence-electron chi connectivity index (χ3n) is 6.63. The van der Waals surface area contributed by atoms with E-state index in [2.05, 4.69) is 10.6 Å². The fraction of sp³-hybridized carbons (Fsp3) is 0.172. The molecule has 2 aliphatic rings. The summed E-state index contributed by atoms with van der Waals surface area (Å²) in [6.45, 7) is 1.79. The number of benzene rings is 3. The molecule has 1 amide bonds. The average Bonchev–Trinajstić information content (AvgIpc) is 2.84. The Hall–Kier alpha value is -4.06. The SMILES string of the molecule is CC1=C(C(=O)Nc2cccc(F)c2)[C@@H](c2ccc(F)cc2)C2=C(C[C@@H](c3ccccc3)CC2=O)N1. The number of hydrogen-bond donors (Lipinski definition) is 2. The highest BCUT2D eigenvalue weighted by Gasteiger charge is 2.40. The molecule has 0 spiro atoms. The molecule has 0 saturated carbocycles. The molecule has 0 bridgehead atoms. The van der Waals surface area contributed by atoms with E-state index in [-0.39, 0.29) is 11.7 Å². The van der Waals surface area contributed by atoms with Gasteiger partial charge in [0.1, 0.15) is 11.6 Å². The Kier molecular flexibility index (Phi) is 6.03. The van der Waals surface area contributed by atoms with Crippen LogP contribution in [-0.4, -0.2) is 11.7 Å². The van der Waals surface area contributed by atoms with Crippen molar-refractivity contribution in [2.24, 2.45) is 0 Å². The standard InChI is InChI=1S/C29H24F2N2O2/c1-17-26(29(35)33-23-9-5-8-22(31)16-23)27(19-10-12-21(30)13-11-19)28-24(32-17)14-20(15-25(28)34)18-6-3-2-4-7-18/h2-13,16,20,27,32H,14-15H2,1H3,(H,33,35)/t20-,27-/m1/s1. The van der Waals surface area contributed by atoms with Crippen molar-refractivity contribution >= 4 is 17.4 Å². The van der Waals surface area contributed by atoms with Crippen molar-refractivity contribution in [1.82, 2.24) is 5.32 Å². The summed E-state index contributed by atoms with van der Waals surface area (Å²) in [4.78, 5) is 27.0. The smallest absolute Gasteiger partial charge is 0.254 e. The molecule has 3 aromatic rings. The van der Waals surface area contributed by atoms with Gasteiger partial charge in [0.05, 0.1) is 0 Å². The van der Waals surface area contributed by atoms with Gasteiger partial charge in [-0.3, -0.25) is 9.59 Å². The van der Waals surface area contributed by atoms with Crippen LogP contribution in [0.15, 0.2) is 101 Å². The van der Waals surface area contributed by atoms with Crippen molar-refractivity contribution in [2.45, 2.75) is 31.6 Å². The van der Waals surface area contributed by atoms with E-state index < -0.39 is 23.5 Å². The van der Waals surface area contributed by atoms with Crippen LogP contribution in [0.2, 0.25) is 0 Å². The van der Waals surface area contributed by atoms with E-state index in [0.717, 1.165) is 11.3 Å². The van der Waals surface area contributed by atoms with Crippen LogP contribution in [0, 0.1) is 11.6 Å². The molecule has 0 saturated heterocycles. The molecule has 3 aromatic carbocycles. The number of anilines is 1. The van der Waals surface area contributed by atoms with Gasteiger partial charge < -0.3 is 10.6 Å². The molecular weight excluding hydrogens is 446 g/mol. The Morgan fingerprint density at radius 2 is 1.63 bits per heavy atom. The van der Waals surface area contributed by atoms with Crippen LogP contribution in [0.3, 0.4) is 0 Å². The maximum Gasteiger partial charge on any atom is 0.254 e. The molecule has 1 aliphatic carbocycles. The summed E-state index contributed by atoms with van der Waals surface area (Å²) in [6.07, 6.45) is 0.943. The van der Waals surface area contributed by atoms with Crippen molar-refractivity contribution in [3.05, 3.63) is 124 Å². The quantitative estimate of drug-likeness (QED) is 0.494. The number of nitrogens with one attached hydrogen (secondary N) is 2. The van der Waals surface area contributed by atoms with Gasteiger partial charge in [-0.05, 0) is 60.7 Å². The van der Waals surface area contributed by atoms with Crippen LogP contribution in [0.5, 0.6) is 0 Å². The average molecular weight is 471 g/mol. The van der Waals surface area contributed by atoms with Crippen molar-refractivity contribution in [3.8, 4) is 0 Å². The van der Waals surface area contributed by atoms with E-state index in [1.807, 2.05) is 30.3 Å². The number of amides is 1. The number of Topliss-reactive ketones (excluding diaryl/α,β-unsaturated/α-hetero) is 1. The third-order valence-corrected chi connectivity index (χ3v) is 6.63. The minimum Gasteiger partial charge on any atom is -0.362 e.